The zero-order chi connectivity index (χ0) is 9.97. The maximum Gasteiger partial charge on any atom is 0.0570 e. The molecular weight excluding hydrogens is 176 g/mol. The number of aliphatic hydroxyl groups excluding tert-OH is 1. The van der Waals surface area contributed by atoms with Crippen molar-refractivity contribution in [1.82, 2.24) is 10.3 Å². The first-order valence-corrected chi connectivity index (χ1v) is 5.11. The van der Waals surface area contributed by atoms with Crippen LogP contribution in [-0.4, -0.2) is 22.2 Å². The highest BCUT2D eigenvalue weighted by Crippen LogP contribution is 2.22. The first-order valence-electron chi connectivity index (χ1n) is 5.11. The minimum Gasteiger partial charge on any atom is -0.393 e. The summed E-state index contributed by atoms with van der Waals surface area (Å²) in [6, 6.07) is 6.67. The van der Waals surface area contributed by atoms with E-state index >= 15 is 0 Å². The van der Waals surface area contributed by atoms with E-state index in [-0.39, 0.29) is 12.1 Å². The molecule has 1 aromatic heterocycles. The van der Waals surface area contributed by atoms with E-state index in [0.29, 0.717) is 6.04 Å². The molecule has 0 saturated heterocycles. The van der Waals surface area contributed by atoms with Crippen LogP contribution in [0, 0.1) is 0 Å². The highest BCUT2D eigenvalue weighted by molar-refractivity contribution is 5.08. The first kappa shape index (κ1) is 9.62. The fourth-order valence-electron chi connectivity index (χ4n) is 1.79. The van der Waals surface area contributed by atoms with Crippen LogP contribution >= 0.6 is 0 Å². The van der Waals surface area contributed by atoms with Gasteiger partial charge in [0.2, 0.25) is 0 Å². The molecule has 14 heavy (non-hydrogen) atoms. The third-order valence-electron chi connectivity index (χ3n) is 2.73. The van der Waals surface area contributed by atoms with Gasteiger partial charge in [0.1, 0.15) is 0 Å². The van der Waals surface area contributed by atoms with Crippen molar-refractivity contribution in [3.63, 3.8) is 0 Å². The zero-order valence-corrected chi connectivity index (χ0v) is 8.35. The van der Waals surface area contributed by atoms with Crippen LogP contribution in [0.15, 0.2) is 24.4 Å². The molecule has 0 radical (unpaired) electrons. The number of hydrogen-bond donors (Lipinski definition) is 2. The number of rotatable bonds is 3. The smallest absolute Gasteiger partial charge is 0.0570 e. The van der Waals surface area contributed by atoms with E-state index in [0.717, 1.165) is 18.5 Å². The van der Waals surface area contributed by atoms with Crippen molar-refractivity contribution in [2.24, 2.45) is 0 Å². The van der Waals surface area contributed by atoms with E-state index < -0.39 is 0 Å². The molecule has 0 aliphatic heterocycles. The van der Waals surface area contributed by atoms with Crippen LogP contribution in [0.4, 0.5) is 0 Å². The standard InChI is InChI=1S/C11H16N2O/c1-8(11-4-2-3-5-12-11)13-9-6-10(14)7-9/h2-5,8-10,13-14H,6-7H2,1H3. The van der Waals surface area contributed by atoms with E-state index in [1.807, 2.05) is 24.4 Å². The fraction of sp³-hybridized carbons (Fsp3) is 0.545. The molecule has 0 aromatic carbocycles. The summed E-state index contributed by atoms with van der Waals surface area (Å²) >= 11 is 0. The van der Waals surface area contributed by atoms with Gasteiger partial charge in [-0.1, -0.05) is 6.07 Å². The average Bonchev–Trinajstić information content (AvgIpc) is 2.17. The summed E-state index contributed by atoms with van der Waals surface area (Å²) < 4.78 is 0. The summed E-state index contributed by atoms with van der Waals surface area (Å²) in [5.74, 6) is 0. The molecule has 3 nitrogen and oxygen atoms in total. The lowest BCUT2D eigenvalue weighted by Crippen LogP contribution is -2.45. The Morgan fingerprint density at radius 3 is 2.86 bits per heavy atom. The van der Waals surface area contributed by atoms with E-state index in [4.69, 9.17) is 5.11 Å². The van der Waals surface area contributed by atoms with E-state index in [1.54, 1.807) is 0 Å². The Labute approximate surface area is 84.2 Å². The fourth-order valence-corrected chi connectivity index (χ4v) is 1.79. The number of aromatic nitrogens is 1. The Morgan fingerprint density at radius 1 is 1.50 bits per heavy atom. The summed E-state index contributed by atoms with van der Waals surface area (Å²) in [7, 11) is 0. The zero-order valence-electron chi connectivity index (χ0n) is 8.35. The van der Waals surface area contributed by atoms with Crippen LogP contribution in [0.2, 0.25) is 0 Å². The summed E-state index contributed by atoms with van der Waals surface area (Å²) in [6.45, 7) is 2.10. The Kier molecular flexibility index (Phi) is 2.79. The molecule has 76 valence electrons. The quantitative estimate of drug-likeness (QED) is 0.757. The van der Waals surface area contributed by atoms with Crippen molar-refractivity contribution < 1.29 is 5.11 Å². The monoisotopic (exact) mass is 192 g/mol. The van der Waals surface area contributed by atoms with Gasteiger partial charge in [-0.3, -0.25) is 4.98 Å². The van der Waals surface area contributed by atoms with Gasteiger partial charge in [0.05, 0.1) is 11.8 Å². The molecule has 2 rings (SSSR count). The van der Waals surface area contributed by atoms with Crippen LogP contribution < -0.4 is 5.32 Å². The van der Waals surface area contributed by atoms with Gasteiger partial charge in [-0.25, -0.2) is 0 Å². The first-order chi connectivity index (χ1) is 6.75. The molecule has 3 heteroatoms. The molecule has 1 aliphatic rings. The van der Waals surface area contributed by atoms with Crippen molar-refractivity contribution >= 4 is 0 Å². The highest BCUT2D eigenvalue weighted by Gasteiger charge is 2.28. The molecule has 1 saturated carbocycles. The van der Waals surface area contributed by atoms with E-state index in [2.05, 4.69) is 17.2 Å². The van der Waals surface area contributed by atoms with Gasteiger partial charge in [-0.05, 0) is 31.9 Å². The Hall–Kier alpha value is -0.930. The predicted molar refractivity (Wildman–Crippen MR) is 54.8 cm³/mol. The number of pyridine rings is 1. The molecular formula is C11H16N2O. The van der Waals surface area contributed by atoms with Crippen molar-refractivity contribution in [2.45, 2.75) is 38.0 Å². The van der Waals surface area contributed by atoms with Gasteiger partial charge in [-0.2, -0.15) is 0 Å². The van der Waals surface area contributed by atoms with Gasteiger partial charge in [0.25, 0.3) is 0 Å². The topological polar surface area (TPSA) is 45.1 Å². The van der Waals surface area contributed by atoms with Gasteiger partial charge >= 0.3 is 0 Å². The SMILES string of the molecule is CC(NC1CC(O)C1)c1ccccn1. The van der Waals surface area contributed by atoms with E-state index in [9.17, 15) is 0 Å². The molecule has 0 bridgehead atoms. The van der Waals surface area contributed by atoms with Gasteiger partial charge < -0.3 is 10.4 Å². The van der Waals surface area contributed by atoms with Crippen LogP contribution in [0.5, 0.6) is 0 Å². The van der Waals surface area contributed by atoms with Gasteiger partial charge in [-0.15, -0.1) is 0 Å². The van der Waals surface area contributed by atoms with Crippen LogP contribution in [0.1, 0.15) is 31.5 Å². The number of nitrogens with one attached hydrogen (secondary N) is 1. The second-order valence-electron chi connectivity index (χ2n) is 3.97. The number of nitrogens with zero attached hydrogens (tertiary/aromatic N) is 1. The van der Waals surface area contributed by atoms with Crippen molar-refractivity contribution in [2.75, 3.05) is 0 Å². The minimum atomic E-state index is -0.0940. The van der Waals surface area contributed by atoms with Crippen molar-refractivity contribution in [1.29, 1.82) is 0 Å². The third-order valence-corrected chi connectivity index (χ3v) is 2.73. The lowest BCUT2D eigenvalue weighted by molar-refractivity contribution is 0.0583. The Bertz CT molecular complexity index is 283. The lowest BCUT2D eigenvalue weighted by atomic mass is 9.89. The molecule has 1 aromatic rings. The maximum absolute atomic E-state index is 9.15. The second-order valence-corrected chi connectivity index (χ2v) is 3.97. The van der Waals surface area contributed by atoms with Crippen molar-refractivity contribution in [3.8, 4) is 0 Å². The van der Waals surface area contributed by atoms with Gasteiger partial charge in [0.15, 0.2) is 0 Å². The third kappa shape index (κ3) is 2.11. The molecule has 2 N–H and O–H groups in total. The van der Waals surface area contributed by atoms with E-state index in [1.165, 1.54) is 0 Å². The average molecular weight is 192 g/mol. The molecule has 1 heterocycles. The lowest BCUT2D eigenvalue weighted by Gasteiger charge is -2.34. The molecule has 1 fully saturated rings. The van der Waals surface area contributed by atoms with Crippen LogP contribution in [0.25, 0.3) is 0 Å². The molecule has 0 spiro atoms. The summed E-state index contributed by atoms with van der Waals surface area (Å²) in [4.78, 5) is 4.28. The summed E-state index contributed by atoms with van der Waals surface area (Å²) in [5.41, 5.74) is 1.06. The number of aliphatic hydroxyl groups is 1. The predicted octanol–water partition coefficient (Wildman–Crippen LogP) is 1.26. The molecule has 1 aliphatic carbocycles. The largest absolute Gasteiger partial charge is 0.393 e. The molecule has 0 amide bonds. The van der Waals surface area contributed by atoms with Crippen LogP contribution in [-0.2, 0) is 0 Å². The highest BCUT2D eigenvalue weighted by atomic mass is 16.3. The Balaban J connectivity index is 1.87. The second kappa shape index (κ2) is 4.07. The Morgan fingerprint density at radius 2 is 2.29 bits per heavy atom. The normalized spacial score (nSPS) is 28.1. The summed E-state index contributed by atoms with van der Waals surface area (Å²) in [5, 5.41) is 12.6. The van der Waals surface area contributed by atoms with Gasteiger partial charge in [0, 0.05) is 18.3 Å². The summed E-state index contributed by atoms with van der Waals surface area (Å²) in [6.07, 6.45) is 3.46. The minimum absolute atomic E-state index is 0.0940. The number of hydrogen-bond acceptors (Lipinski definition) is 3. The molecule has 1 unspecified atom stereocenters. The van der Waals surface area contributed by atoms with Crippen molar-refractivity contribution in [3.05, 3.63) is 30.1 Å². The maximum atomic E-state index is 9.15. The van der Waals surface area contributed by atoms with Crippen LogP contribution in [0.3, 0.4) is 0 Å². The molecule has 1 atom stereocenters.